The Kier molecular flexibility index (Phi) is 12.8. The molecule has 0 spiro atoms. The molecule has 29 heavy (non-hydrogen) atoms. The van der Waals surface area contributed by atoms with Crippen LogP contribution in [0.5, 0.6) is 0 Å². The van der Waals surface area contributed by atoms with Crippen molar-refractivity contribution >= 4 is 25.6 Å². The van der Waals surface area contributed by atoms with Crippen LogP contribution in [0.4, 0.5) is 0 Å². The number of rotatable bonds is 7. The number of esters is 1. The first-order valence-electron chi connectivity index (χ1n) is 8.99. The molecule has 0 amide bonds. The first-order chi connectivity index (χ1) is 13.7. The molecule has 0 radical (unpaired) electrons. The van der Waals surface area contributed by atoms with Crippen molar-refractivity contribution in [1.29, 1.82) is 0 Å². The number of sulfone groups is 2. The maximum atomic E-state index is 11.6. The van der Waals surface area contributed by atoms with E-state index in [2.05, 4.69) is 4.74 Å². The van der Waals surface area contributed by atoms with Crippen LogP contribution in [0.25, 0.3) is 0 Å². The quantitative estimate of drug-likeness (QED) is 0.653. The minimum absolute atomic E-state index is 0.105. The Morgan fingerprint density at radius 1 is 0.793 bits per heavy atom. The summed E-state index contributed by atoms with van der Waals surface area (Å²) in [5.41, 5.74) is 0. The van der Waals surface area contributed by atoms with Gasteiger partial charge in [-0.25, -0.2) is 16.8 Å². The van der Waals surface area contributed by atoms with E-state index in [0.717, 1.165) is 0 Å². The minimum atomic E-state index is -3.33. The number of hydrogen-bond donors (Lipinski definition) is 1. The van der Waals surface area contributed by atoms with E-state index in [-0.39, 0.29) is 34.5 Å². The van der Waals surface area contributed by atoms with Gasteiger partial charge in [-0.15, -0.1) is 0 Å². The highest BCUT2D eigenvalue weighted by Crippen LogP contribution is 2.10. The normalized spacial score (nSPS) is 10.6. The van der Waals surface area contributed by atoms with Gasteiger partial charge in [0.05, 0.1) is 27.9 Å². The van der Waals surface area contributed by atoms with Gasteiger partial charge in [-0.1, -0.05) is 50.2 Å². The molecular weight excluding hydrogens is 416 g/mol. The molecule has 9 heteroatoms. The van der Waals surface area contributed by atoms with Gasteiger partial charge in [0, 0.05) is 6.92 Å². The van der Waals surface area contributed by atoms with Crippen LogP contribution in [-0.4, -0.2) is 52.6 Å². The monoisotopic (exact) mass is 444 g/mol. The lowest BCUT2D eigenvalue weighted by molar-refractivity contribution is -0.140. The van der Waals surface area contributed by atoms with Gasteiger partial charge in [0.25, 0.3) is 0 Å². The lowest BCUT2D eigenvalue weighted by atomic mass is 10.4. The molecule has 162 valence electrons. The van der Waals surface area contributed by atoms with Crippen LogP contribution in [0.1, 0.15) is 20.8 Å². The van der Waals surface area contributed by atoms with Crippen molar-refractivity contribution in [3.63, 3.8) is 0 Å². The Balaban J connectivity index is 0.000000508. The van der Waals surface area contributed by atoms with Crippen molar-refractivity contribution < 1.29 is 31.5 Å². The summed E-state index contributed by atoms with van der Waals surface area (Å²) in [6, 6.07) is 16.2. The molecule has 1 N–H and O–H groups in total. The standard InChI is InChI=1S/C10H12O4S.C8H10O3S.C2H6/c1-9(11)14-7-8-15(12,13)10-5-3-2-4-6-10;9-6-7-12(10,11)8-4-2-1-3-5-8;1-2/h2-6H,7-8H2,1H3;1-5,9H,6-7H2;1-2H3. The molecule has 0 aliphatic heterocycles. The Morgan fingerprint density at radius 2 is 1.17 bits per heavy atom. The average molecular weight is 445 g/mol. The predicted octanol–water partition coefficient (Wildman–Crippen LogP) is 2.50. The second kappa shape index (κ2) is 13.9. The second-order valence-corrected chi connectivity index (χ2v) is 9.55. The summed E-state index contributed by atoms with van der Waals surface area (Å²) >= 11 is 0. The van der Waals surface area contributed by atoms with E-state index in [1.54, 1.807) is 36.4 Å². The van der Waals surface area contributed by atoms with E-state index in [9.17, 15) is 21.6 Å². The lowest BCUT2D eigenvalue weighted by Crippen LogP contribution is -2.14. The van der Waals surface area contributed by atoms with Crippen molar-refractivity contribution in [2.75, 3.05) is 24.7 Å². The van der Waals surface area contributed by atoms with Gasteiger partial charge in [0.15, 0.2) is 19.7 Å². The Bertz CT molecular complexity index is 908. The maximum Gasteiger partial charge on any atom is 0.302 e. The molecule has 0 heterocycles. The third-order valence-electron chi connectivity index (χ3n) is 3.22. The zero-order valence-corrected chi connectivity index (χ0v) is 18.4. The molecule has 0 saturated carbocycles. The van der Waals surface area contributed by atoms with Crippen LogP contribution in [0, 0.1) is 0 Å². The van der Waals surface area contributed by atoms with Crippen LogP contribution in [-0.2, 0) is 29.2 Å². The Hall–Kier alpha value is -2.23. The molecule has 2 rings (SSSR count). The molecule has 0 saturated heterocycles. The van der Waals surface area contributed by atoms with Crippen LogP contribution in [0.15, 0.2) is 70.5 Å². The SMILES string of the molecule is CC.CC(=O)OCCS(=O)(=O)c1ccccc1.O=S(=O)(CCO)c1ccccc1. The number of aliphatic hydroxyl groups is 1. The molecule has 0 unspecified atom stereocenters. The van der Waals surface area contributed by atoms with E-state index in [1.807, 2.05) is 13.8 Å². The molecule has 2 aromatic carbocycles. The van der Waals surface area contributed by atoms with Gasteiger partial charge in [-0.05, 0) is 24.3 Å². The van der Waals surface area contributed by atoms with Crippen molar-refractivity contribution in [3.8, 4) is 0 Å². The number of hydrogen-bond acceptors (Lipinski definition) is 7. The lowest BCUT2D eigenvalue weighted by Gasteiger charge is -2.04. The summed E-state index contributed by atoms with van der Waals surface area (Å²) in [5, 5.41) is 8.48. The smallest absolute Gasteiger partial charge is 0.302 e. The number of carbonyl (C=O) groups is 1. The second-order valence-electron chi connectivity index (χ2n) is 5.33. The van der Waals surface area contributed by atoms with Crippen molar-refractivity contribution in [2.24, 2.45) is 0 Å². The van der Waals surface area contributed by atoms with Crippen molar-refractivity contribution in [2.45, 2.75) is 30.6 Å². The number of aliphatic hydroxyl groups excluding tert-OH is 1. The summed E-state index contributed by atoms with van der Waals surface area (Å²) in [6.07, 6.45) is 0. The van der Waals surface area contributed by atoms with E-state index in [1.165, 1.54) is 31.2 Å². The van der Waals surface area contributed by atoms with Crippen LogP contribution >= 0.6 is 0 Å². The first kappa shape index (κ1) is 26.8. The topological polar surface area (TPSA) is 115 Å². The Labute approximate surface area is 173 Å². The van der Waals surface area contributed by atoms with Crippen molar-refractivity contribution in [3.05, 3.63) is 60.7 Å². The highest BCUT2D eigenvalue weighted by atomic mass is 32.2. The van der Waals surface area contributed by atoms with Crippen LogP contribution < -0.4 is 0 Å². The molecule has 0 aliphatic carbocycles. The van der Waals surface area contributed by atoms with E-state index >= 15 is 0 Å². The summed E-state index contributed by atoms with van der Waals surface area (Å²) in [6.45, 7) is 4.80. The molecule has 7 nitrogen and oxygen atoms in total. The fourth-order valence-corrected chi connectivity index (χ4v) is 4.06. The summed E-state index contributed by atoms with van der Waals surface area (Å²) in [7, 11) is -6.59. The van der Waals surface area contributed by atoms with E-state index in [4.69, 9.17) is 5.11 Å². The predicted molar refractivity (Wildman–Crippen MR) is 112 cm³/mol. The van der Waals surface area contributed by atoms with Gasteiger partial charge < -0.3 is 9.84 Å². The van der Waals surface area contributed by atoms with Gasteiger partial charge in [-0.2, -0.15) is 0 Å². The average Bonchev–Trinajstić information content (AvgIpc) is 2.71. The van der Waals surface area contributed by atoms with E-state index in [0.29, 0.717) is 0 Å². The molecular formula is C20H28O7S2. The van der Waals surface area contributed by atoms with Gasteiger partial charge in [0.2, 0.25) is 0 Å². The highest BCUT2D eigenvalue weighted by Gasteiger charge is 2.14. The number of carbonyl (C=O) groups excluding carboxylic acids is 1. The zero-order chi connectivity index (χ0) is 22.3. The Morgan fingerprint density at radius 3 is 1.52 bits per heavy atom. The van der Waals surface area contributed by atoms with Crippen LogP contribution in [0.3, 0.4) is 0 Å². The van der Waals surface area contributed by atoms with Gasteiger partial charge in [-0.3, -0.25) is 4.79 Å². The van der Waals surface area contributed by atoms with E-state index < -0.39 is 25.6 Å². The summed E-state index contributed by atoms with van der Waals surface area (Å²) in [4.78, 5) is 11.0. The molecule has 0 fully saturated rings. The minimum Gasteiger partial charge on any atom is -0.465 e. The summed E-state index contributed by atoms with van der Waals surface area (Å²) in [5.74, 6) is -0.869. The fraction of sp³-hybridized carbons (Fsp3) is 0.350. The maximum absolute atomic E-state index is 11.6. The van der Waals surface area contributed by atoms with Gasteiger partial charge in [0.1, 0.15) is 6.61 Å². The largest absolute Gasteiger partial charge is 0.465 e. The zero-order valence-electron chi connectivity index (χ0n) is 16.8. The third-order valence-corrected chi connectivity index (χ3v) is 6.63. The van der Waals surface area contributed by atoms with Gasteiger partial charge >= 0.3 is 5.97 Å². The molecule has 0 aromatic heterocycles. The molecule has 0 bridgehead atoms. The summed E-state index contributed by atoms with van der Waals surface area (Å²) < 4.78 is 50.4. The molecule has 0 atom stereocenters. The molecule has 2 aromatic rings. The third kappa shape index (κ3) is 10.8. The number of ether oxygens (including phenoxy) is 1. The highest BCUT2D eigenvalue weighted by molar-refractivity contribution is 7.91. The fourth-order valence-electron chi connectivity index (χ4n) is 1.91. The first-order valence-corrected chi connectivity index (χ1v) is 12.3. The van der Waals surface area contributed by atoms with Crippen LogP contribution in [0.2, 0.25) is 0 Å². The molecule has 0 aliphatic rings. The van der Waals surface area contributed by atoms with Crippen molar-refractivity contribution in [1.82, 2.24) is 0 Å². The number of benzene rings is 2.